The number of carbonyl (C=O) groups is 1. The number of aryl methyl sites for hydroxylation is 2. The molecule has 0 bridgehead atoms. The van der Waals surface area contributed by atoms with Gasteiger partial charge in [0.15, 0.2) is 0 Å². The van der Waals surface area contributed by atoms with Crippen LogP contribution in [0, 0.1) is 19.7 Å². The zero-order valence-electron chi connectivity index (χ0n) is 12.3. The number of thioether (sulfide) groups is 1. The van der Waals surface area contributed by atoms with Crippen molar-refractivity contribution in [1.82, 2.24) is 0 Å². The molecule has 2 rings (SSSR count). The van der Waals surface area contributed by atoms with Crippen LogP contribution in [0.25, 0.3) is 0 Å². The molecule has 2 aromatic rings. The van der Waals surface area contributed by atoms with Crippen molar-refractivity contribution in [2.24, 2.45) is 0 Å². The molecule has 1 amide bonds. The predicted molar refractivity (Wildman–Crippen MR) is 86.3 cm³/mol. The first-order valence-corrected chi connectivity index (χ1v) is 7.64. The van der Waals surface area contributed by atoms with Gasteiger partial charge in [0.2, 0.25) is 5.91 Å². The third kappa shape index (κ3) is 4.33. The van der Waals surface area contributed by atoms with Crippen molar-refractivity contribution in [3.63, 3.8) is 0 Å². The molecule has 0 aromatic heterocycles. The topological polar surface area (TPSA) is 29.1 Å². The summed E-state index contributed by atoms with van der Waals surface area (Å²) in [5.74, 6) is -0.329. The highest BCUT2D eigenvalue weighted by atomic mass is 32.2. The Bertz CT molecular complexity index is 640. The minimum atomic E-state index is -0.271. The van der Waals surface area contributed by atoms with E-state index in [2.05, 4.69) is 5.32 Å². The van der Waals surface area contributed by atoms with Crippen LogP contribution in [0.4, 0.5) is 10.1 Å². The molecule has 2 aromatic carbocycles. The van der Waals surface area contributed by atoms with Gasteiger partial charge in [-0.05, 0) is 62.2 Å². The fraction of sp³-hybridized carbons (Fsp3) is 0.235. The highest BCUT2D eigenvalue weighted by Gasteiger charge is 2.15. The van der Waals surface area contributed by atoms with Gasteiger partial charge in [-0.2, -0.15) is 0 Å². The standard InChI is InChI=1S/C17H18FNOS/c1-11-4-5-12(2)16(10-11)19-17(20)13(3)21-15-8-6-14(18)7-9-15/h4-10,13H,1-3H3,(H,19,20)/t13-/m1/s1. The predicted octanol–water partition coefficient (Wildman–Crippen LogP) is 4.56. The molecule has 110 valence electrons. The monoisotopic (exact) mass is 303 g/mol. The van der Waals surface area contributed by atoms with Gasteiger partial charge in [0.25, 0.3) is 0 Å². The number of benzene rings is 2. The third-order valence-corrected chi connectivity index (χ3v) is 4.26. The quantitative estimate of drug-likeness (QED) is 0.839. The summed E-state index contributed by atoms with van der Waals surface area (Å²) in [5, 5.41) is 2.69. The maximum atomic E-state index is 12.9. The Morgan fingerprint density at radius 2 is 1.81 bits per heavy atom. The molecule has 0 aliphatic rings. The van der Waals surface area contributed by atoms with E-state index in [4.69, 9.17) is 0 Å². The first kappa shape index (κ1) is 15.6. The Balaban J connectivity index is 2.02. The third-order valence-electron chi connectivity index (χ3n) is 3.15. The lowest BCUT2D eigenvalue weighted by Gasteiger charge is -2.14. The molecule has 0 heterocycles. The van der Waals surface area contributed by atoms with Crippen molar-refractivity contribution < 1.29 is 9.18 Å². The first-order valence-electron chi connectivity index (χ1n) is 6.76. The van der Waals surface area contributed by atoms with Gasteiger partial charge in [0.1, 0.15) is 5.82 Å². The highest BCUT2D eigenvalue weighted by Crippen LogP contribution is 2.25. The molecule has 1 N–H and O–H groups in total. The Hall–Kier alpha value is -1.81. The summed E-state index contributed by atoms with van der Waals surface area (Å²) in [5.41, 5.74) is 2.98. The van der Waals surface area contributed by atoms with E-state index in [0.717, 1.165) is 21.7 Å². The summed E-state index contributed by atoms with van der Waals surface area (Å²) in [6, 6.07) is 12.1. The van der Waals surface area contributed by atoms with Crippen molar-refractivity contribution >= 4 is 23.4 Å². The second kappa shape index (κ2) is 6.76. The van der Waals surface area contributed by atoms with Gasteiger partial charge in [0.05, 0.1) is 5.25 Å². The fourth-order valence-corrected chi connectivity index (χ4v) is 2.74. The largest absolute Gasteiger partial charge is 0.325 e. The molecule has 0 saturated heterocycles. The summed E-state index contributed by atoms with van der Waals surface area (Å²) in [4.78, 5) is 13.1. The average Bonchev–Trinajstić information content (AvgIpc) is 2.45. The second-order valence-corrected chi connectivity index (χ2v) is 6.44. The van der Waals surface area contributed by atoms with E-state index < -0.39 is 0 Å². The number of rotatable bonds is 4. The van der Waals surface area contributed by atoms with Crippen LogP contribution in [0.3, 0.4) is 0 Å². The summed E-state index contributed by atoms with van der Waals surface area (Å²) >= 11 is 1.41. The molecule has 2 nitrogen and oxygen atoms in total. The SMILES string of the molecule is Cc1ccc(C)c(NC(=O)[C@@H](C)Sc2ccc(F)cc2)c1. The van der Waals surface area contributed by atoms with Gasteiger partial charge in [-0.3, -0.25) is 4.79 Å². The minimum Gasteiger partial charge on any atom is -0.325 e. The molecule has 1 atom stereocenters. The molecule has 0 aliphatic heterocycles. The molecule has 0 saturated carbocycles. The molecule has 0 fully saturated rings. The van der Waals surface area contributed by atoms with Crippen molar-refractivity contribution in [1.29, 1.82) is 0 Å². The van der Waals surface area contributed by atoms with Crippen LogP contribution in [0.1, 0.15) is 18.1 Å². The number of nitrogens with one attached hydrogen (secondary N) is 1. The fourth-order valence-electron chi connectivity index (χ4n) is 1.88. The van der Waals surface area contributed by atoms with Crippen LogP contribution in [0.15, 0.2) is 47.4 Å². The van der Waals surface area contributed by atoms with Gasteiger partial charge < -0.3 is 5.32 Å². The molecule has 4 heteroatoms. The van der Waals surface area contributed by atoms with E-state index in [1.54, 1.807) is 12.1 Å². The smallest absolute Gasteiger partial charge is 0.237 e. The first-order chi connectivity index (χ1) is 9.95. The summed E-state index contributed by atoms with van der Waals surface area (Å²) in [6.45, 7) is 5.80. The summed E-state index contributed by atoms with van der Waals surface area (Å²) < 4.78 is 12.9. The Kier molecular flexibility index (Phi) is 5.02. The summed E-state index contributed by atoms with van der Waals surface area (Å²) in [6.07, 6.45) is 0. The van der Waals surface area contributed by atoms with E-state index in [9.17, 15) is 9.18 Å². The molecule has 0 unspecified atom stereocenters. The Morgan fingerprint density at radius 1 is 1.14 bits per heavy atom. The zero-order chi connectivity index (χ0) is 15.4. The molecular formula is C17H18FNOS. The van der Waals surface area contributed by atoms with Crippen LogP contribution in [-0.4, -0.2) is 11.2 Å². The molecule has 0 aliphatic carbocycles. The van der Waals surface area contributed by atoms with Crippen LogP contribution in [-0.2, 0) is 4.79 Å². The lowest BCUT2D eigenvalue weighted by atomic mass is 10.1. The van der Waals surface area contributed by atoms with Crippen molar-refractivity contribution in [2.75, 3.05) is 5.32 Å². The lowest BCUT2D eigenvalue weighted by Crippen LogP contribution is -2.22. The van der Waals surface area contributed by atoms with E-state index in [-0.39, 0.29) is 17.0 Å². The van der Waals surface area contributed by atoms with Crippen molar-refractivity contribution in [3.05, 3.63) is 59.4 Å². The van der Waals surface area contributed by atoms with Crippen LogP contribution in [0.5, 0.6) is 0 Å². The normalized spacial score (nSPS) is 12.0. The maximum Gasteiger partial charge on any atom is 0.237 e. The number of anilines is 1. The van der Waals surface area contributed by atoms with Crippen LogP contribution < -0.4 is 5.32 Å². The van der Waals surface area contributed by atoms with E-state index >= 15 is 0 Å². The van der Waals surface area contributed by atoms with E-state index in [0.29, 0.717) is 0 Å². The number of hydrogen-bond acceptors (Lipinski definition) is 2. The Morgan fingerprint density at radius 3 is 2.48 bits per heavy atom. The molecule has 21 heavy (non-hydrogen) atoms. The van der Waals surface area contributed by atoms with Gasteiger partial charge in [0, 0.05) is 10.6 Å². The Labute approximate surface area is 128 Å². The van der Waals surface area contributed by atoms with E-state index in [1.165, 1.54) is 23.9 Å². The lowest BCUT2D eigenvalue weighted by molar-refractivity contribution is -0.115. The van der Waals surface area contributed by atoms with Crippen LogP contribution in [0.2, 0.25) is 0 Å². The zero-order valence-corrected chi connectivity index (χ0v) is 13.1. The highest BCUT2D eigenvalue weighted by molar-refractivity contribution is 8.00. The second-order valence-electron chi connectivity index (χ2n) is 5.02. The van der Waals surface area contributed by atoms with Crippen LogP contribution >= 0.6 is 11.8 Å². The molecular weight excluding hydrogens is 285 g/mol. The molecule has 0 radical (unpaired) electrons. The van der Waals surface area contributed by atoms with Crippen molar-refractivity contribution in [2.45, 2.75) is 30.9 Å². The molecule has 0 spiro atoms. The number of halogens is 1. The van der Waals surface area contributed by atoms with Gasteiger partial charge in [-0.15, -0.1) is 11.8 Å². The number of hydrogen-bond donors (Lipinski definition) is 1. The van der Waals surface area contributed by atoms with Gasteiger partial charge >= 0.3 is 0 Å². The van der Waals surface area contributed by atoms with Gasteiger partial charge in [-0.1, -0.05) is 12.1 Å². The minimum absolute atomic E-state index is 0.0574. The average molecular weight is 303 g/mol. The number of carbonyl (C=O) groups excluding carboxylic acids is 1. The van der Waals surface area contributed by atoms with E-state index in [1.807, 2.05) is 39.0 Å². The summed E-state index contributed by atoms with van der Waals surface area (Å²) in [7, 11) is 0. The maximum absolute atomic E-state index is 12.9. The van der Waals surface area contributed by atoms with Crippen molar-refractivity contribution in [3.8, 4) is 0 Å². The van der Waals surface area contributed by atoms with Gasteiger partial charge in [-0.25, -0.2) is 4.39 Å². The number of amides is 1.